The fourth-order valence-electron chi connectivity index (χ4n) is 6.71. The Labute approximate surface area is 271 Å². The van der Waals surface area contributed by atoms with E-state index >= 15 is 0 Å². The van der Waals surface area contributed by atoms with E-state index in [2.05, 4.69) is 132 Å². The Balaban J connectivity index is 1.17. The molecule has 0 spiro atoms. The van der Waals surface area contributed by atoms with Crippen LogP contribution in [0.4, 0.5) is 11.4 Å². The van der Waals surface area contributed by atoms with E-state index in [1.54, 1.807) is 11.3 Å². The second kappa shape index (κ2) is 11.1. The van der Waals surface area contributed by atoms with Crippen molar-refractivity contribution in [2.45, 2.75) is 18.5 Å². The van der Waals surface area contributed by atoms with E-state index in [0.717, 1.165) is 56.6 Å². The van der Waals surface area contributed by atoms with E-state index in [1.807, 2.05) is 24.3 Å². The Hall–Kier alpha value is -5.59. The van der Waals surface area contributed by atoms with Crippen LogP contribution in [0.3, 0.4) is 0 Å². The van der Waals surface area contributed by atoms with Gasteiger partial charge in [-0.2, -0.15) is 0 Å². The standard InChI is InChI=1S/C40H29N5S/c1-3-13-26(14-4-1)37-42-38(27-15-5-2-6-16-27)44-39(43-37)28-17-11-18-29(25-28)45-34-23-9-7-19-30(34)31-20-12-21-32(36(31)45)40-41-33-22-8-10-24-35(33)46-40/h1-18,20-25,30,37H,19H2,(H,42,43,44). The van der Waals surface area contributed by atoms with Gasteiger partial charge >= 0.3 is 0 Å². The molecule has 0 bridgehead atoms. The molecule has 6 heteroatoms. The van der Waals surface area contributed by atoms with Gasteiger partial charge in [0.25, 0.3) is 0 Å². The van der Waals surface area contributed by atoms with E-state index in [1.165, 1.54) is 21.6 Å². The lowest BCUT2D eigenvalue weighted by molar-refractivity contribution is 0.674. The number of aromatic nitrogens is 1. The maximum absolute atomic E-state index is 5.09. The molecule has 6 aromatic rings. The van der Waals surface area contributed by atoms with Crippen LogP contribution in [0.15, 0.2) is 161 Å². The normalized spacial score (nSPS) is 18.3. The van der Waals surface area contributed by atoms with Crippen LogP contribution in [0.1, 0.15) is 40.8 Å². The Morgan fingerprint density at radius 3 is 2.41 bits per heavy atom. The first-order chi connectivity index (χ1) is 22.8. The molecule has 9 rings (SSSR count). The molecule has 5 aromatic carbocycles. The highest BCUT2D eigenvalue weighted by Crippen LogP contribution is 2.54. The van der Waals surface area contributed by atoms with Gasteiger partial charge in [-0.1, -0.05) is 109 Å². The number of hydrogen-bond acceptors (Lipinski definition) is 6. The quantitative estimate of drug-likeness (QED) is 0.211. The minimum absolute atomic E-state index is 0.249. The average Bonchev–Trinajstić information content (AvgIpc) is 3.72. The number of anilines is 2. The molecule has 0 saturated carbocycles. The van der Waals surface area contributed by atoms with E-state index < -0.39 is 0 Å². The zero-order valence-electron chi connectivity index (χ0n) is 24.9. The maximum Gasteiger partial charge on any atom is 0.159 e. The van der Waals surface area contributed by atoms with Crippen LogP contribution in [0.2, 0.25) is 0 Å². The first kappa shape index (κ1) is 26.8. The summed E-state index contributed by atoms with van der Waals surface area (Å²) in [5.41, 5.74) is 10.2. The van der Waals surface area contributed by atoms with Crippen molar-refractivity contribution >= 4 is 44.6 Å². The summed E-state index contributed by atoms with van der Waals surface area (Å²) >= 11 is 1.75. The van der Waals surface area contributed by atoms with Crippen molar-refractivity contribution in [1.29, 1.82) is 0 Å². The average molecular weight is 612 g/mol. The van der Waals surface area contributed by atoms with Crippen LogP contribution in [-0.4, -0.2) is 16.7 Å². The molecule has 1 aliphatic carbocycles. The molecule has 0 fully saturated rings. The predicted molar refractivity (Wildman–Crippen MR) is 190 cm³/mol. The highest BCUT2D eigenvalue weighted by molar-refractivity contribution is 7.21. The predicted octanol–water partition coefficient (Wildman–Crippen LogP) is 9.54. The monoisotopic (exact) mass is 611 g/mol. The van der Waals surface area contributed by atoms with Crippen molar-refractivity contribution in [2.75, 3.05) is 4.90 Å². The van der Waals surface area contributed by atoms with Crippen molar-refractivity contribution in [2.24, 2.45) is 9.98 Å². The number of fused-ring (bicyclic) bond motifs is 4. The fourth-order valence-corrected chi connectivity index (χ4v) is 7.70. The SMILES string of the molecule is C1=CCC2C(=C1)N(c1cccc(C3=NC(c4ccccc4)=NC(c4ccccc4)N3)c1)c1c(-c3nc4ccccc4s3)cccc12. The summed E-state index contributed by atoms with van der Waals surface area (Å²) < 4.78 is 1.20. The smallest absolute Gasteiger partial charge is 0.159 e. The lowest BCUT2D eigenvalue weighted by atomic mass is 9.91. The van der Waals surface area contributed by atoms with Crippen LogP contribution in [0, 0.1) is 0 Å². The number of amidine groups is 2. The van der Waals surface area contributed by atoms with Crippen LogP contribution in [0.25, 0.3) is 20.8 Å². The molecule has 2 unspecified atom stereocenters. The van der Waals surface area contributed by atoms with Gasteiger partial charge in [0.2, 0.25) is 0 Å². The molecule has 5 nitrogen and oxygen atoms in total. The Kier molecular flexibility index (Phi) is 6.46. The first-order valence-corrected chi connectivity index (χ1v) is 16.4. The third kappa shape index (κ3) is 4.57. The zero-order valence-corrected chi connectivity index (χ0v) is 25.7. The molecule has 2 atom stereocenters. The molecule has 0 radical (unpaired) electrons. The topological polar surface area (TPSA) is 52.9 Å². The summed E-state index contributed by atoms with van der Waals surface area (Å²) in [6.07, 6.45) is 7.46. The number of allylic oxidation sites excluding steroid dienone is 4. The molecule has 46 heavy (non-hydrogen) atoms. The summed E-state index contributed by atoms with van der Waals surface area (Å²) in [7, 11) is 0. The number of para-hydroxylation sites is 2. The van der Waals surface area contributed by atoms with Gasteiger partial charge in [-0.3, -0.25) is 0 Å². The number of nitrogens with one attached hydrogen (secondary N) is 1. The van der Waals surface area contributed by atoms with Crippen molar-refractivity contribution in [1.82, 2.24) is 10.3 Å². The van der Waals surface area contributed by atoms with E-state index in [4.69, 9.17) is 15.0 Å². The lowest BCUT2D eigenvalue weighted by Crippen LogP contribution is -2.33. The van der Waals surface area contributed by atoms with Gasteiger partial charge in [0, 0.05) is 34.0 Å². The highest BCUT2D eigenvalue weighted by atomic mass is 32.1. The van der Waals surface area contributed by atoms with Crippen molar-refractivity contribution in [3.63, 3.8) is 0 Å². The van der Waals surface area contributed by atoms with Crippen molar-refractivity contribution in [3.05, 3.63) is 174 Å². The summed E-state index contributed by atoms with van der Waals surface area (Å²) in [5, 5.41) is 4.68. The molecule has 220 valence electrons. The summed E-state index contributed by atoms with van der Waals surface area (Å²) in [6.45, 7) is 0. The maximum atomic E-state index is 5.09. The van der Waals surface area contributed by atoms with Gasteiger partial charge in [0.1, 0.15) is 17.0 Å². The third-order valence-electron chi connectivity index (χ3n) is 8.85. The van der Waals surface area contributed by atoms with Gasteiger partial charge in [-0.25, -0.2) is 15.0 Å². The Bertz CT molecular complexity index is 2200. The van der Waals surface area contributed by atoms with E-state index in [9.17, 15) is 0 Å². The fraction of sp³-hybridized carbons (Fsp3) is 0.0750. The van der Waals surface area contributed by atoms with Crippen LogP contribution >= 0.6 is 11.3 Å². The van der Waals surface area contributed by atoms with Gasteiger partial charge < -0.3 is 10.2 Å². The number of benzene rings is 5. The minimum atomic E-state index is -0.249. The lowest BCUT2D eigenvalue weighted by Gasteiger charge is -2.27. The van der Waals surface area contributed by atoms with Gasteiger partial charge in [-0.05, 0) is 54.0 Å². The molecule has 1 N–H and O–H groups in total. The van der Waals surface area contributed by atoms with Crippen molar-refractivity contribution < 1.29 is 0 Å². The minimum Gasteiger partial charge on any atom is -0.344 e. The second-order valence-corrected chi connectivity index (χ2v) is 12.7. The van der Waals surface area contributed by atoms with Crippen molar-refractivity contribution in [3.8, 4) is 10.6 Å². The summed E-state index contributed by atoms with van der Waals surface area (Å²) in [4.78, 5) is 17.6. The Morgan fingerprint density at radius 1 is 0.761 bits per heavy atom. The molecule has 0 amide bonds. The molecule has 0 saturated heterocycles. The molecule has 3 heterocycles. The number of hydrogen-bond donors (Lipinski definition) is 1. The van der Waals surface area contributed by atoms with Gasteiger partial charge in [0.05, 0.1) is 15.9 Å². The number of aliphatic imine (C=N–C) groups is 2. The van der Waals surface area contributed by atoms with Crippen LogP contribution < -0.4 is 10.2 Å². The Morgan fingerprint density at radius 2 is 1.54 bits per heavy atom. The summed E-state index contributed by atoms with van der Waals surface area (Å²) in [6, 6.07) is 44.4. The molecule has 1 aromatic heterocycles. The third-order valence-corrected chi connectivity index (χ3v) is 9.92. The molecule has 2 aliphatic heterocycles. The summed E-state index contributed by atoms with van der Waals surface area (Å²) in [5.74, 6) is 1.82. The molecular weight excluding hydrogens is 583 g/mol. The van der Waals surface area contributed by atoms with Crippen LogP contribution in [0.5, 0.6) is 0 Å². The van der Waals surface area contributed by atoms with E-state index in [0.29, 0.717) is 5.92 Å². The highest BCUT2D eigenvalue weighted by Gasteiger charge is 2.37. The first-order valence-electron chi connectivity index (χ1n) is 15.6. The number of rotatable bonds is 5. The van der Waals surface area contributed by atoms with Gasteiger partial charge in [-0.15, -0.1) is 11.3 Å². The number of nitrogens with zero attached hydrogens (tertiary/aromatic N) is 4. The zero-order chi connectivity index (χ0) is 30.5. The second-order valence-electron chi connectivity index (χ2n) is 11.7. The van der Waals surface area contributed by atoms with E-state index in [-0.39, 0.29) is 6.17 Å². The number of thiazole rings is 1. The van der Waals surface area contributed by atoms with Crippen LogP contribution in [-0.2, 0) is 0 Å². The molecular formula is C40H29N5S. The molecule has 3 aliphatic rings. The largest absolute Gasteiger partial charge is 0.344 e. The van der Waals surface area contributed by atoms with Gasteiger partial charge in [0.15, 0.2) is 5.84 Å².